The Morgan fingerprint density at radius 3 is 2.22 bits per heavy atom. The van der Waals surface area contributed by atoms with Gasteiger partial charge in [-0.25, -0.2) is 12.7 Å². The molecule has 0 amide bonds. The van der Waals surface area contributed by atoms with E-state index in [1.54, 1.807) is 12.1 Å². The molecular weight excluding hydrogens is 312 g/mol. The van der Waals surface area contributed by atoms with Crippen LogP contribution in [0.3, 0.4) is 0 Å². The first-order valence-corrected chi connectivity index (χ1v) is 8.84. The summed E-state index contributed by atoms with van der Waals surface area (Å²) >= 11 is 0. The van der Waals surface area contributed by atoms with Gasteiger partial charge >= 0.3 is 0 Å². The summed E-state index contributed by atoms with van der Waals surface area (Å²) in [5.41, 5.74) is 3.79. The summed E-state index contributed by atoms with van der Waals surface area (Å²) in [5, 5.41) is 0. The molecule has 0 unspecified atom stereocenters. The molecule has 1 aromatic heterocycles. The van der Waals surface area contributed by atoms with Crippen molar-refractivity contribution in [3.63, 3.8) is 0 Å². The number of carbonyl (C=O) groups excluding carboxylic acids is 1. The average Bonchev–Trinajstić information content (AvgIpc) is 2.79. The van der Waals surface area contributed by atoms with Crippen molar-refractivity contribution in [3.8, 4) is 0 Å². The number of hydrogen-bond donors (Lipinski definition) is 0. The van der Waals surface area contributed by atoms with Crippen molar-refractivity contribution in [1.82, 2.24) is 8.87 Å². The Balaban J connectivity index is 2.14. The molecule has 124 valence electrons. The molecule has 5 nitrogen and oxygen atoms in total. The maximum absolute atomic E-state index is 12.0. The number of benzene rings is 1. The van der Waals surface area contributed by atoms with Crippen LogP contribution in [0, 0.1) is 13.8 Å². The smallest absolute Gasteiger partial charge is 0.242 e. The molecule has 1 aromatic carbocycles. The van der Waals surface area contributed by atoms with Crippen LogP contribution in [0.2, 0.25) is 0 Å². The van der Waals surface area contributed by atoms with Crippen LogP contribution in [-0.4, -0.2) is 37.7 Å². The second kappa shape index (κ2) is 6.68. The Morgan fingerprint density at radius 1 is 1.13 bits per heavy atom. The topological polar surface area (TPSA) is 59.4 Å². The number of aromatic nitrogens is 1. The Hall–Kier alpha value is -1.92. The number of sulfonamides is 1. The van der Waals surface area contributed by atoms with Gasteiger partial charge in [0.05, 0.1) is 4.90 Å². The van der Waals surface area contributed by atoms with Crippen LogP contribution in [0.25, 0.3) is 0 Å². The predicted octanol–water partition coefficient (Wildman–Crippen LogP) is 2.41. The van der Waals surface area contributed by atoms with Crippen molar-refractivity contribution in [2.45, 2.75) is 31.7 Å². The van der Waals surface area contributed by atoms with Crippen LogP contribution in [0.1, 0.15) is 27.3 Å². The molecule has 23 heavy (non-hydrogen) atoms. The SMILES string of the molecule is Cc1cc(C=O)c(C)n1CCc1ccc(S(=O)(=O)N(C)C)cc1. The van der Waals surface area contributed by atoms with E-state index in [0.717, 1.165) is 41.8 Å². The summed E-state index contributed by atoms with van der Waals surface area (Å²) in [4.78, 5) is 11.3. The van der Waals surface area contributed by atoms with Gasteiger partial charge in [-0.05, 0) is 44.0 Å². The van der Waals surface area contributed by atoms with E-state index < -0.39 is 10.0 Å². The zero-order valence-corrected chi connectivity index (χ0v) is 14.7. The van der Waals surface area contributed by atoms with Gasteiger partial charge < -0.3 is 4.57 Å². The molecule has 0 saturated carbocycles. The van der Waals surface area contributed by atoms with Crippen molar-refractivity contribution >= 4 is 16.3 Å². The van der Waals surface area contributed by atoms with E-state index in [9.17, 15) is 13.2 Å². The van der Waals surface area contributed by atoms with Crippen LogP contribution in [0.15, 0.2) is 35.2 Å². The Kier molecular flexibility index (Phi) is 5.06. The second-order valence-corrected chi connectivity index (χ2v) is 7.93. The normalized spacial score (nSPS) is 11.9. The summed E-state index contributed by atoms with van der Waals surface area (Å²) in [6.07, 6.45) is 1.65. The third-order valence-corrected chi connectivity index (χ3v) is 5.90. The van der Waals surface area contributed by atoms with Gasteiger partial charge in [-0.15, -0.1) is 0 Å². The molecule has 0 atom stereocenters. The summed E-state index contributed by atoms with van der Waals surface area (Å²) in [7, 11) is -0.346. The highest BCUT2D eigenvalue weighted by atomic mass is 32.2. The zero-order chi connectivity index (χ0) is 17.2. The van der Waals surface area contributed by atoms with E-state index in [0.29, 0.717) is 4.90 Å². The highest BCUT2D eigenvalue weighted by Gasteiger charge is 2.16. The van der Waals surface area contributed by atoms with Crippen LogP contribution in [0.4, 0.5) is 0 Å². The van der Waals surface area contributed by atoms with E-state index in [1.807, 2.05) is 32.0 Å². The molecule has 0 bridgehead atoms. The lowest BCUT2D eigenvalue weighted by atomic mass is 10.1. The summed E-state index contributed by atoms with van der Waals surface area (Å²) < 4.78 is 27.4. The monoisotopic (exact) mass is 334 g/mol. The molecule has 1 heterocycles. The van der Waals surface area contributed by atoms with Gasteiger partial charge in [0.15, 0.2) is 6.29 Å². The second-order valence-electron chi connectivity index (χ2n) is 5.78. The number of hydrogen-bond acceptors (Lipinski definition) is 3. The highest BCUT2D eigenvalue weighted by Crippen LogP contribution is 2.17. The fourth-order valence-electron chi connectivity index (χ4n) is 2.57. The van der Waals surface area contributed by atoms with E-state index >= 15 is 0 Å². The summed E-state index contributed by atoms with van der Waals surface area (Å²) in [5.74, 6) is 0. The summed E-state index contributed by atoms with van der Waals surface area (Å²) in [6, 6.07) is 8.83. The first-order chi connectivity index (χ1) is 10.8. The number of carbonyl (C=O) groups is 1. The third kappa shape index (κ3) is 3.54. The molecule has 0 spiro atoms. The van der Waals surface area contributed by atoms with Crippen molar-refractivity contribution in [3.05, 3.63) is 52.8 Å². The maximum Gasteiger partial charge on any atom is 0.242 e. The van der Waals surface area contributed by atoms with E-state index in [2.05, 4.69) is 4.57 Å². The Bertz CT molecular complexity index is 803. The molecule has 0 aliphatic heterocycles. The molecule has 0 fully saturated rings. The van der Waals surface area contributed by atoms with Gasteiger partial charge in [-0.1, -0.05) is 12.1 Å². The van der Waals surface area contributed by atoms with Crippen LogP contribution < -0.4 is 0 Å². The average molecular weight is 334 g/mol. The molecule has 0 saturated heterocycles. The molecular formula is C17H22N2O3S. The van der Waals surface area contributed by atoms with E-state index in [4.69, 9.17) is 0 Å². The summed E-state index contributed by atoms with van der Waals surface area (Å²) in [6.45, 7) is 4.67. The van der Waals surface area contributed by atoms with Gasteiger partial charge in [0.25, 0.3) is 0 Å². The van der Waals surface area contributed by atoms with Crippen molar-refractivity contribution < 1.29 is 13.2 Å². The van der Waals surface area contributed by atoms with Crippen LogP contribution in [0.5, 0.6) is 0 Å². The molecule has 0 aliphatic carbocycles. The minimum atomic E-state index is -3.38. The first-order valence-electron chi connectivity index (χ1n) is 7.40. The van der Waals surface area contributed by atoms with Gasteiger partial charge in [-0.2, -0.15) is 0 Å². The fraction of sp³-hybridized carbons (Fsp3) is 0.353. The quantitative estimate of drug-likeness (QED) is 0.762. The first kappa shape index (κ1) is 17.4. The molecule has 2 rings (SSSR count). The van der Waals surface area contributed by atoms with Gasteiger partial charge in [-0.3, -0.25) is 4.79 Å². The highest BCUT2D eigenvalue weighted by molar-refractivity contribution is 7.89. The molecule has 2 aromatic rings. The lowest BCUT2D eigenvalue weighted by Crippen LogP contribution is -2.22. The van der Waals surface area contributed by atoms with Gasteiger partial charge in [0.1, 0.15) is 0 Å². The minimum absolute atomic E-state index is 0.294. The third-order valence-electron chi connectivity index (χ3n) is 4.07. The Labute approximate surface area is 137 Å². The van der Waals surface area contributed by atoms with Crippen LogP contribution in [-0.2, 0) is 23.0 Å². The lowest BCUT2D eigenvalue weighted by molar-refractivity contribution is 0.112. The van der Waals surface area contributed by atoms with Crippen molar-refractivity contribution in [2.75, 3.05) is 14.1 Å². The van der Waals surface area contributed by atoms with Crippen molar-refractivity contribution in [1.29, 1.82) is 0 Å². The molecule has 0 N–H and O–H groups in total. The largest absolute Gasteiger partial charge is 0.348 e. The number of aldehydes is 1. The van der Waals surface area contributed by atoms with Gasteiger partial charge in [0, 0.05) is 37.6 Å². The zero-order valence-electron chi connectivity index (χ0n) is 13.9. The van der Waals surface area contributed by atoms with Crippen LogP contribution >= 0.6 is 0 Å². The number of nitrogens with zero attached hydrogens (tertiary/aromatic N) is 2. The minimum Gasteiger partial charge on any atom is -0.348 e. The number of aryl methyl sites for hydroxylation is 2. The predicted molar refractivity (Wildman–Crippen MR) is 90.3 cm³/mol. The Morgan fingerprint density at radius 2 is 1.74 bits per heavy atom. The standard InChI is InChI=1S/C17H22N2O3S/c1-13-11-16(12-20)14(2)19(13)10-9-15-5-7-17(8-6-15)23(21,22)18(3)4/h5-8,11-12H,9-10H2,1-4H3. The molecule has 0 aliphatic rings. The fourth-order valence-corrected chi connectivity index (χ4v) is 3.47. The molecule has 6 heteroatoms. The van der Waals surface area contributed by atoms with E-state index in [-0.39, 0.29) is 0 Å². The lowest BCUT2D eigenvalue weighted by Gasteiger charge is -2.12. The van der Waals surface area contributed by atoms with E-state index in [1.165, 1.54) is 18.4 Å². The molecule has 0 radical (unpaired) electrons. The maximum atomic E-state index is 12.0. The van der Waals surface area contributed by atoms with Gasteiger partial charge in [0.2, 0.25) is 10.0 Å². The number of rotatable bonds is 6. The van der Waals surface area contributed by atoms with Crippen molar-refractivity contribution in [2.24, 2.45) is 0 Å².